The normalized spacial score (nSPS) is 27.1. The van der Waals surface area contributed by atoms with Gasteiger partial charge in [0.25, 0.3) is 0 Å². The van der Waals surface area contributed by atoms with Crippen molar-refractivity contribution in [3.05, 3.63) is 0 Å². The van der Waals surface area contributed by atoms with Gasteiger partial charge in [0.1, 0.15) is 0 Å². The van der Waals surface area contributed by atoms with Gasteiger partial charge in [-0.05, 0) is 38.8 Å². The molecule has 0 radical (unpaired) electrons. The predicted octanol–water partition coefficient (Wildman–Crippen LogP) is 2.94. The van der Waals surface area contributed by atoms with E-state index >= 15 is 0 Å². The van der Waals surface area contributed by atoms with Crippen LogP contribution in [0.25, 0.3) is 0 Å². The van der Waals surface area contributed by atoms with Crippen molar-refractivity contribution in [2.75, 3.05) is 13.1 Å². The van der Waals surface area contributed by atoms with E-state index in [1.54, 1.807) is 0 Å². The molecule has 2 nitrogen and oxygen atoms in total. The standard InChI is InChI=1S/C13H22N2/c14-11-12-7-9-15(10-8-12)13-5-3-1-2-4-6-13/h12-13H,1-10H2. The zero-order valence-corrected chi connectivity index (χ0v) is 9.62. The Bertz CT molecular complexity index is 215. The van der Waals surface area contributed by atoms with Gasteiger partial charge in [-0.25, -0.2) is 0 Å². The molecule has 2 heteroatoms. The van der Waals surface area contributed by atoms with Gasteiger partial charge in [0.2, 0.25) is 0 Å². The van der Waals surface area contributed by atoms with E-state index in [1.807, 2.05) is 0 Å². The van der Waals surface area contributed by atoms with Crippen LogP contribution in [-0.2, 0) is 0 Å². The fraction of sp³-hybridized carbons (Fsp3) is 0.923. The second-order valence-electron chi connectivity index (χ2n) is 5.08. The first-order valence-electron chi connectivity index (χ1n) is 6.54. The molecule has 1 heterocycles. The molecule has 0 aromatic rings. The molecule has 0 aromatic carbocycles. The van der Waals surface area contributed by atoms with Crippen molar-refractivity contribution < 1.29 is 0 Å². The van der Waals surface area contributed by atoms with Gasteiger partial charge in [-0.2, -0.15) is 5.26 Å². The number of nitrogens with zero attached hydrogens (tertiary/aromatic N) is 2. The van der Waals surface area contributed by atoms with Crippen LogP contribution >= 0.6 is 0 Å². The lowest BCUT2D eigenvalue weighted by Crippen LogP contribution is -2.41. The highest BCUT2D eigenvalue weighted by molar-refractivity contribution is 4.89. The van der Waals surface area contributed by atoms with E-state index in [1.165, 1.54) is 51.6 Å². The summed E-state index contributed by atoms with van der Waals surface area (Å²) in [7, 11) is 0. The maximum absolute atomic E-state index is 8.86. The van der Waals surface area contributed by atoms with Crippen LogP contribution in [0.2, 0.25) is 0 Å². The zero-order chi connectivity index (χ0) is 10.5. The molecule has 0 aromatic heterocycles. The van der Waals surface area contributed by atoms with Crippen LogP contribution in [0.15, 0.2) is 0 Å². The van der Waals surface area contributed by atoms with E-state index in [4.69, 9.17) is 5.26 Å². The molecule has 0 amide bonds. The van der Waals surface area contributed by atoms with E-state index in [2.05, 4.69) is 11.0 Å². The predicted molar refractivity (Wildman–Crippen MR) is 61.4 cm³/mol. The Morgan fingerprint density at radius 1 is 0.867 bits per heavy atom. The summed E-state index contributed by atoms with van der Waals surface area (Å²) in [4.78, 5) is 2.65. The van der Waals surface area contributed by atoms with Gasteiger partial charge in [0, 0.05) is 12.0 Å². The van der Waals surface area contributed by atoms with Crippen LogP contribution in [-0.4, -0.2) is 24.0 Å². The molecule has 0 spiro atoms. The molecule has 15 heavy (non-hydrogen) atoms. The Balaban J connectivity index is 1.81. The number of likely N-dealkylation sites (tertiary alicyclic amines) is 1. The van der Waals surface area contributed by atoms with Crippen LogP contribution in [0.1, 0.15) is 51.4 Å². The summed E-state index contributed by atoms with van der Waals surface area (Å²) >= 11 is 0. The van der Waals surface area contributed by atoms with Crippen molar-refractivity contribution in [2.45, 2.75) is 57.4 Å². The molecule has 2 fully saturated rings. The van der Waals surface area contributed by atoms with Crippen LogP contribution in [0.5, 0.6) is 0 Å². The monoisotopic (exact) mass is 206 g/mol. The second-order valence-corrected chi connectivity index (χ2v) is 5.08. The first-order valence-corrected chi connectivity index (χ1v) is 6.54. The number of rotatable bonds is 1. The van der Waals surface area contributed by atoms with E-state index in [0.29, 0.717) is 5.92 Å². The molecule has 0 unspecified atom stereocenters. The van der Waals surface area contributed by atoms with E-state index in [9.17, 15) is 0 Å². The van der Waals surface area contributed by atoms with Crippen molar-refractivity contribution in [1.29, 1.82) is 5.26 Å². The van der Waals surface area contributed by atoms with Gasteiger partial charge in [-0.15, -0.1) is 0 Å². The lowest BCUT2D eigenvalue weighted by Gasteiger charge is -2.35. The van der Waals surface area contributed by atoms with E-state index in [-0.39, 0.29) is 0 Å². The highest BCUT2D eigenvalue weighted by atomic mass is 15.2. The topological polar surface area (TPSA) is 27.0 Å². The maximum atomic E-state index is 8.86. The molecule has 2 aliphatic rings. The van der Waals surface area contributed by atoms with Crippen LogP contribution in [0.3, 0.4) is 0 Å². The second kappa shape index (κ2) is 5.51. The minimum absolute atomic E-state index is 0.340. The van der Waals surface area contributed by atoms with Crippen molar-refractivity contribution in [3.63, 3.8) is 0 Å². The first kappa shape index (κ1) is 11.0. The van der Waals surface area contributed by atoms with Gasteiger partial charge in [-0.1, -0.05) is 25.7 Å². The summed E-state index contributed by atoms with van der Waals surface area (Å²) in [5.41, 5.74) is 0. The van der Waals surface area contributed by atoms with Crippen molar-refractivity contribution in [2.24, 2.45) is 5.92 Å². The van der Waals surface area contributed by atoms with Gasteiger partial charge in [0.05, 0.1) is 6.07 Å². The lowest BCUT2D eigenvalue weighted by atomic mass is 9.95. The Morgan fingerprint density at radius 2 is 1.47 bits per heavy atom. The van der Waals surface area contributed by atoms with Gasteiger partial charge in [0.15, 0.2) is 0 Å². The molecule has 1 aliphatic carbocycles. The number of nitriles is 1. The third kappa shape index (κ3) is 2.95. The van der Waals surface area contributed by atoms with Crippen molar-refractivity contribution in [3.8, 4) is 6.07 Å². The molecule has 1 aliphatic heterocycles. The van der Waals surface area contributed by atoms with Crippen LogP contribution in [0, 0.1) is 17.2 Å². The Hall–Kier alpha value is -0.550. The summed E-state index contributed by atoms with van der Waals surface area (Å²) in [6.45, 7) is 2.34. The minimum atomic E-state index is 0.340. The van der Waals surface area contributed by atoms with Gasteiger partial charge in [-0.3, -0.25) is 0 Å². The summed E-state index contributed by atoms with van der Waals surface area (Å²) in [5, 5.41) is 8.86. The fourth-order valence-electron chi connectivity index (χ4n) is 3.02. The first-order chi connectivity index (χ1) is 7.40. The third-order valence-corrected chi connectivity index (χ3v) is 4.05. The Labute approximate surface area is 93.3 Å². The smallest absolute Gasteiger partial charge is 0.0656 e. The fourth-order valence-corrected chi connectivity index (χ4v) is 3.02. The highest BCUT2D eigenvalue weighted by Crippen LogP contribution is 2.26. The molecule has 0 atom stereocenters. The van der Waals surface area contributed by atoms with Crippen molar-refractivity contribution >= 4 is 0 Å². The molecule has 2 rings (SSSR count). The zero-order valence-electron chi connectivity index (χ0n) is 9.62. The maximum Gasteiger partial charge on any atom is 0.0656 e. The molecule has 0 N–H and O–H groups in total. The van der Waals surface area contributed by atoms with Crippen LogP contribution < -0.4 is 0 Å². The van der Waals surface area contributed by atoms with Crippen molar-refractivity contribution in [1.82, 2.24) is 4.90 Å². The average molecular weight is 206 g/mol. The molecule has 1 saturated carbocycles. The minimum Gasteiger partial charge on any atom is -0.300 e. The molecule has 1 saturated heterocycles. The molecular formula is C13H22N2. The molecule has 84 valence electrons. The van der Waals surface area contributed by atoms with Crippen LogP contribution in [0.4, 0.5) is 0 Å². The Morgan fingerprint density at radius 3 is 2.00 bits per heavy atom. The number of hydrogen-bond acceptors (Lipinski definition) is 2. The average Bonchev–Trinajstić information content (AvgIpc) is 2.58. The summed E-state index contributed by atoms with van der Waals surface area (Å²) in [6, 6.07) is 3.25. The largest absolute Gasteiger partial charge is 0.300 e. The van der Waals surface area contributed by atoms with Gasteiger partial charge < -0.3 is 4.90 Å². The summed E-state index contributed by atoms with van der Waals surface area (Å²) in [5.74, 6) is 0.340. The van der Waals surface area contributed by atoms with E-state index < -0.39 is 0 Å². The third-order valence-electron chi connectivity index (χ3n) is 4.05. The quantitative estimate of drug-likeness (QED) is 0.617. The SMILES string of the molecule is N#CC1CCN(C2CCCCCC2)CC1. The summed E-state index contributed by atoms with van der Waals surface area (Å²) in [6.07, 6.45) is 10.7. The summed E-state index contributed by atoms with van der Waals surface area (Å²) < 4.78 is 0. The Kier molecular flexibility index (Phi) is 4.02. The number of piperidine rings is 1. The van der Waals surface area contributed by atoms with Gasteiger partial charge >= 0.3 is 0 Å². The number of hydrogen-bond donors (Lipinski definition) is 0. The molecular weight excluding hydrogens is 184 g/mol. The van der Waals surface area contributed by atoms with E-state index in [0.717, 1.165) is 18.9 Å². The lowest BCUT2D eigenvalue weighted by molar-refractivity contribution is 0.134. The highest BCUT2D eigenvalue weighted by Gasteiger charge is 2.25. The molecule has 0 bridgehead atoms.